The predicted molar refractivity (Wildman–Crippen MR) is 156 cm³/mol. The number of nitrogens with zero attached hydrogens (tertiary/aromatic N) is 5. The molecule has 45 heavy (non-hydrogen) atoms. The molecule has 1 aliphatic rings. The highest BCUT2D eigenvalue weighted by Gasteiger charge is 2.35. The molecule has 2 aromatic carbocycles. The number of carboxylic acid groups (broad SMARTS) is 1. The van der Waals surface area contributed by atoms with Crippen molar-refractivity contribution in [3.63, 3.8) is 0 Å². The smallest absolute Gasteiger partial charge is 0.305 e. The van der Waals surface area contributed by atoms with Gasteiger partial charge >= 0.3 is 5.97 Å². The Labute approximate surface area is 258 Å². The summed E-state index contributed by atoms with van der Waals surface area (Å²) in [5.41, 5.74) is 1.86. The second-order valence-corrected chi connectivity index (χ2v) is 10.7. The van der Waals surface area contributed by atoms with E-state index < -0.39 is 54.0 Å². The number of carbonyl (C=O) groups is 5. The Morgan fingerprint density at radius 2 is 1.78 bits per heavy atom. The number of aromatic nitrogens is 4. The highest BCUT2D eigenvalue weighted by molar-refractivity contribution is 5.99. The van der Waals surface area contributed by atoms with Crippen molar-refractivity contribution in [2.24, 2.45) is 0 Å². The Kier molecular flexibility index (Phi) is 11.4. The normalized spacial score (nSPS) is 16.4. The van der Waals surface area contributed by atoms with Crippen LogP contribution in [0.5, 0.6) is 0 Å². The second-order valence-electron chi connectivity index (χ2n) is 10.7. The van der Waals surface area contributed by atoms with Gasteiger partial charge in [0.25, 0.3) is 5.91 Å². The van der Waals surface area contributed by atoms with E-state index in [1.54, 1.807) is 12.1 Å². The monoisotopic (exact) mass is 621 g/mol. The molecule has 15 nitrogen and oxygen atoms in total. The van der Waals surface area contributed by atoms with Gasteiger partial charge in [-0.25, -0.2) is 9.57 Å². The van der Waals surface area contributed by atoms with Gasteiger partial charge in [0.05, 0.1) is 12.5 Å². The van der Waals surface area contributed by atoms with Crippen LogP contribution in [0.3, 0.4) is 0 Å². The standard InChI is InChI=1S/C30H35N7O8/c1-19(36-14-6-5-9-23(30(36)43)31-29(42)22-12-10-21(11-13-22)18-45-44)28(41)32-24(16-27(39)40)25(38)17-37-26(33-34-35-37)15-20-7-3-2-4-8-20/h2-4,7-8,10-13,19,23-24,44H,5-6,9,14-18H2,1H3,(H,31,42)(H,32,41)(H,39,40)/t19?,23-,24?/m0/s1. The van der Waals surface area contributed by atoms with Crippen LogP contribution in [0.1, 0.15) is 59.9 Å². The van der Waals surface area contributed by atoms with Gasteiger partial charge in [0.15, 0.2) is 11.6 Å². The fourth-order valence-corrected chi connectivity index (χ4v) is 5.01. The average molecular weight is 622 g/mol. The first kappa shape index (κ1) is 32.9. The van der Waals surface area contributed by atoms with E-state index in [0.29, 0.717) is 42.6 Å². The van der Waals surface area contributed by atoms with E-state index in [1.165, 1.54) is 28.6 Å². The van der Waals surface area contributed by atoms with Crippen LogP contribution in [0.25, 0.3) is 0 Å². The van der Waals surface area contributed by atoms with Crippen LogP contribution in [0.4, 0.5) is 0 Å². The summed E-state index contributed by atoms with van der Waals surface area (Å²) in [6, 6.07) is 12.3. The number of hydrogen-bond acceptors (Lipinski definition) is 10. The van der Waals surface area contributed by atoms with Gasteiger partial charge in [0.2, 0.25) is 11.8 Å². The lowest BCUT2D eigenvalue weighted by atomic mass is 10.1. The average Bonchev–Trinajstić information content (AvgIpc) is 3.37. The predicted octanol–water partition coefficient (Wildman–Crippen LogP) is 0.982. The number of likely N-dealkylation sites (tertiary alicyclic amines) is 1. The Bertz CT molecular complexity index is 1500. The van der Waals surface area contributed by atoms with Crippen molar-refractivity contribution in [2.45, 2.75) is 70.3 Å². The number of aliphatic carboxylic acids is 1. The number of nitrogens with one attached hydrogen (secondary N) is 2. The lowest BCUT2D eigenvalue weighted by Crippen LogP contribution is -2.56. The maximum atomic E-state index is 13.5. The number of carbonyl (C=O) groups excluding carboxylic acids is 4. The summed E-state index contributed by atoms with van der Waals surface area (Å²) in [6.07, 6.45) is 1.22. The summed E-state index contributed by atoms with van der Waals surface area (Å²) in [5.74, 6) is -3.18. The first-order chi connectivity index (χ1) is 21.7. The Morgan fingerprint density at radius 1 is 1.04 bits per heavy atom. The van der Waals surface area contributed by atoms with Crippen LogP contribution < -0.4 is 10.6 Å². The first-order valence-electron chi connectivity index (χ1n) is 14.5. The van der Waals surface area contributed by atoms with E-state index in [0.717, 1.165) is 5.56 Å². The molecule has 4 rings (SSSR count). The molecule has 1 aliphatic heterocycles. The van der Waals surface area contributed by atoms with Gasteiger partial charge in [-0.3, -0.25) is 29.2 Å². The maximum absolute atomic E-state index is 13.5. The van der Waals surface area contributed by atoms with Crippen molar-refractivity contribution in [1.29, 1.82) is 0 Å². The number of ketones is 1. The third kappa shape index (κ3) is 9.00. The van der Waals surface area contributed by atoms with Crippen molar-refractivity contribution < 1.29 is 39.2 Å². The molecule has 0 bridgehead atoms. The third-order valence-corrected chi connectivity index (χ3v) is 7.52. The zero-order chi connectivity index (χ0) is 32.3. The number of carboxylic acids is 1. The molecule has 0 aliphatic carbocycles. The quantitative estimate of drug-likeness (QED) is 0.147. The topological polar surface area (TPSA) is 206 Å². The number of Topliss-reactive ketones (excluding diaryl/α,β-unsaturated/α-hetero) is 1. The number of benzene rings is 2. The number of rotatable bonds is 14. The summed E-state index contributed by atoms with van der Waals surface area (Å²) in [7, 11) is 0. The van der Waals surface area contributed by atoms with Gasteiger partial charge in [-0.15, -0.1) is 5.10 Å². The van der Waals surface area contributed by atoms with Crippen LogP contribution >= 0.6 is 0 Å². The summed E-state index contributed by atoms with van der Waals surface area (Å²) < 4.78 is 1.26. The molecule has 3 aromatic rings. The lowest BCUT2D eigenvalue weighted by molar-refractivity contribution is -0.253. The Morgan fingerprint density at radius 3 is 2.47 bits per heavy atom. The first-order valence-corrected chi connectivity index (χ1v) is 14.5. The molecule has 1 saturated heterocycles. The molecule has 1 fully saturated rings. The molecular weight excluding hydrogens is 586 g/mol. The van der Waals surface area contributed by atoms with Gasteiger partial charge < -0.3 is 20.6 Å². The number of hydrogen-bond donors (Lipinski definition) is 4. The van der Waals surface area contributed by atoms with Crippen molar-refractivity contribution in [3.05, 3.63) is 77.1 Å². The highest BCUT2D eigenvalue weighted by Crippen LogP contribution is 2.17. The van der Waals surface area contributed by atoms with Gasteiger partial charge in [-0.1, -0.05) is 42.5 Å². The lowest BCUT2D eigenvalue weighted by Gasteiger charge is -2.30. The molecule has 0 saturated carbocycles. The fourth-order valence-electron chi connectivity index (χ4n) is 5.01. The molecule has 238 valence electrons. The summed E-state index contributed by atoms with van der Waals surface area (Å²) in [6.45, 7) is 1.32. The van der Waals surface area contributed by atoms with Gasteiger partial charge in [0.1, 0.15) is 25.2 Å². The summed E-state index contributed by atoms with van der Waals surface area (Å²) >= 11 is 0. The van der Waals surface area contributed by atoms with Crippen molar-refractivity contribution in [1.82, 2.24) is 35.7 Å². The fraction of sp³-hybridized carbons (Fsp3) is 0.400. The van der Waals surface area contributed by atoms with Gasteiger partial charge in [-0.2, -0.15) is 0 Å². The van der Waals surface area contributed by atoms with Crippen LogP contribution in [-0.4, -0.2) is 89.6 Å². The number of tetrazole rings is 1. The van der Waals surface area contributed by atoms with E-state index in [2.05, 4.69) is 31.0 Å². The summed E-state index contributed by atoms with van der Waals surface area (Å²) in [4.78, 5) is 70.0. The maximum Gasteiger partial charge on any atom is 0.305 e. The Balaban J connectivity index is 1.41. The van der Waals surface area contributed by atoms with E-state index in [4.69, 9.17) is 5.26 Å². The van der Waals surface area contributed by atoms with Crippen molar-refractivity contribution in [2.75, 3.05) is 6.54 Å². The molecule has 4 N–H and O–H groups in total. The minimum absolute atomic E-state index is 0.0379. The zero-order valence-corrected chi connectivity index (χ0v) is 24.7. The van der Waals surface area contributed by atoms with E-state index in [1.807, 2.05) is 30.3 Å². The van der Waals surface area contributed by atoms with Crippen molar-refractivity contribution >= 4 is 29.5 Å². The SMILES string of the molecule is CC(C(=O)NC(CC(=O)O)C(=O)Cn1nnnc1Cc1ccccc1)N1CCCC[C@H](NC(=O)c2ccc(COO)cc2)C1=O. The van der Waals surface area contributed by atoms with Gasteiger partial charge in [0, 0.05) is 18.5 Å². The van der Waals surface area contributed by atoms with Gasteiger partial charge in [-0.05, 0) is 59.9 Å². The molecule has 2 unspecified atom stereocenters. The largest absolute Gasteiger partial charge is 0.481 e. The minimum atomic E-state index is -1.40. The zero-order valence-electron chi connectivity index (χ0n) is 24.7. The molecule has 3 amide bonds. The molecular formula is C30H35N7O8. The van der Waals surface area contributed by atoms with E-state index in [9.17, 15) is 29.1 Å². The molecule has 3 atom stereocenters. The van der Waals surface area contributed by atoms with Crippen LogP contribution in [0.2, 0.25) is 0 Å². The van der Waals surface area contributed by atoms with Crippen LogP contribution in [-0.2, 0) is 43.6 Å². The van der Waals surface area contributed by atoms with Crippen molar-refractivity contribution in [3.8, 4) is 0 Å². The molecule has 2 heterocycles. The Hall–Kier alpha value is -5.02. The highest BCUT2D eigenvalue weighted by atomic mass is 17.1. The molecule has 0 spiro atoms. The van der Waals surface area contributed by atoms with E-state index >= 15 is 0 Å². The molecule has 15 heteroatoms. The van der Waals surface area contributed by atoms with Crippen LogP contribution in [0.15, 0.2) is 54.6 Å². The molecule has 0 radical (unpaired) electrons. The number of amides is 3. The minimum Gasteiger partial charge on any atom is -0.481 e. The van der Waals surface area contributed by atoms with E-state index in [-0.39, 0.29) is 19.7 Å². The third-order valence-electron chi connectivity index (χ3n) is 7.52. The van der Waals surface area contributed by atoms with Crippen LogP contribution in [0, 0.1) is 0 Å². The second kappa shape index (κ2) is 15.6. The summed E-state index contributed by atoms with van der Waals surface area (Å²) in [5, 5.41) is 34.8. The molecule has 1 aromatic heterocycles.